The minimum Gasteiger partial charge on any atom is -0.352 e. The number of amides is 2. The molecule has 1 fully saturated rings. The summed E-state index contributed by atoms with van der Waals surface area (Å²) in [5.41, 5.74) is 2.33. The van der Waals surface area contributed by atoms with Crippen molar-refractivity contribution in [3.05, 3.63) is 128 Å². The van der Waals surface area contributed by atoms with E-state index in [1.165, 1.54) is 35.2 Å². The van der Waals surface area contributed by atoms with Crippen LogP contribution in [0.2, 0.25) is 20.1 Å². The molecule has 0 bridgehead atoms. The van der Waals surface area contributed by atoms with Crippen molar-refractivity contribution in [2.45, 2.75) is 62.6 Å². The van der Waals surface area contributed by atoms with Crippen LogP contribution < -0.4 is 9.62 Å². The molecule has 0 radical (unpaired) electrons. The Balaban J connectivity index is 1.60. The summed E-state index contributed by atoms with van der Waals surface area (Å²) in [6.45, 7) is 1.11. The molecule has 0 saturated heterocycles. The molecular formula is C36H35Cl4N3O4S. The van der Waals surface area contributed by atoms with Gasteiger partial charge in [-0.3, -0.25) is 13.9 Å². The highest BCUT2D eigenvalue weighted by molar-refractivity contribution is 7.92. The van der Waals surface area contributed by atoms with Crippen LogP contribution in [0.5, 0.6) is 0 Å². The number of carbonyl (C=O) groups excluding carboxylic acids is 2. The average Bonchev–Trinajstić information content (AvgIpc) is 3.55. The van der Waals surface area contributed by atoms with Crippen molar-refractivity contribution in [2.75, 3.05) is 10.8 Å². The van der Waals surface area contributed by atoms with E-state index in [1.54, 1.807) is 30.3 Å². The molecule has 7 nitrogen and oxygen atoms in total. The lowest BCUT2D eigenvalue weighted by Crippen LogP contribution is -2.54. The van der Waals surface area contributed by atoms with Gasteiger partial charge in [0, 0.05) is 39.1 Å². The van der Waals surface area contributed by atoms with E-state index in [0.29, 0.717) is 15.6 Å². The Morgan fingerprint density at radius 2 is 1.48 bits per heavy atom. The predicted molar refractivity (Wildman–Crippen MR) is 194 cm³/mol. The third-order valence-corrected chi connectivity index (χ3v) is 11.2. The van der Waals surface area contributed by atoms with Gasteiger partial charge in [-0.25, -0.2) is 8.42 Å². The number of aryl methyl sites for hydroxylation is 1. The summed E-state index contributed by atoms with van der Waals surface area (Å²) >= 11 is 25.5. The third kappa shape index (κ3) is 9.04. The van der Waals surface area contributed by atoms with Gasteiger partial charge in [0.25, 0.3) is 10.0 Å². The molecule has 12 heteroatoms. The Bertz CT molecular complexity index is 1850. The number of benzene rings is 4. The van der Waals surface area contributed by atoms with Crippen molar-refractivity contribution < 1.29 is 18.0 Å². The van der Waals surface area contributed by atoms with Gasteiger partial charge in [0.05, 0.1) is 10.6 Å². The zero-order valence-corrected chi connectivity index (χ0v) is 30.1. The second-order valence-corrected chi connectivity index (χ2v) is 15.5. The Labute approximate surface area is 301 Å². The van der Waals surface area contributed by atoms with Crippen LogP contribution in [0, 0.1) is 6.92 Å². The topological polar surface area (TPSA) is 86.8 Å². The second kappa shape index (κ2) is 16.0. The zero-order valence-electron chi connectivity index (χ0n) is 26.2. The molecule has 1 saturated carbocycles. The average molecular weight is 748 g/mol. The second-order valence-electron chi connectivity index (χ2n) is 11.9. The van der Waals surface area contributed by atoms with Crippen molar-refractivity contribution in [2.24, 2.45) is 0 Å². The minimum absolute atomic E-state index is 0.0149. The number of carbonyl (C=O) groups is 2. The highest BCUT2D eigenvalue weighted by Crippen LogP contribution is 2.31. The first kappa shape index (κ1) is 36.0. The summed E-state index contributed by atoms with van der Waals surface area (Å²) in [5.74, 6) is -0.960. The molecular weight excluding hydrogens is 712 g/mol. The summed E-state index contributed by atoms with van der Waals surface area (Å²) in [4.78, 5) is 30.2. The number of nitrogens with zero attached hydrogens (tertiary/aromatic N) is 2. The summed E-state index contributed by atoms with van der Waals surface area (Å²) < 4.78 is 29.5. The van der Waals surface area contributed by atoms with Crippen LogP contribution in [-0.2, 0) is 32.6 Å². The molecule has 0 aromatic heterocycles. The lowest BCUT2D eigenvalue weighted by molar-refractivity contribution is -0.140. The first-order valence-electron chi connectivity index (χ1n) is 15.5. The number of hydrogen-bond donors (Lipinski definition) is 1. The van der Waals surface area contributed by atoms with Crippen LogP contribution in [0.1, 0.15) is 42.4 Å². The van der Waals surface area contributed by atoms with Gasteiger partial charge in [-0.05, 0) is 73.4 Å². The smallest absolute Gasteiger partial charge is 0.264 e. The van der Waals surface area contributed by atoms with Crippen molar-refractivity contribution >= 4 is 73.9 Å². The molecule has 48 heavy (non-hydrogen) atoms. The molecule has 1 atom stereocenters. The van der Waals surface area contributed by atoms with Crippen LogP contribution in [-0.4, -0.2) is 43.8 Å². The maximum Gasteiger partial charge on any atom is 0.264 e. The van der Waals surface area contributed by atoms with E-state index in [2.05, 4.69) is 5.32 Å². The van der Waals surface area contributed by atoms with Crippen LogP contribution in [0.25, 0.3) is 0 Å². The van der Waals surface area contributed by atoms with E-state index < -0.39 is 28.5 Å². The van der Waals surface area contributed by atoms with Crippen molar-refractivity contribution in [3.8, 4) is 0 Å². The Morgan fingerprint density at radius 3 is 2.10 bits per heavy atom. The van der Waals surface area contributed by atoms with Gasteiger partial charge in [-0.2, -0.15) is 0 Å². The largest absolute Gasteiger partial charge is 0.352 e. The van der Waals surface area contributed by atoms with E-state index in [1.807, 2.05) is 37.3 Å². The van der Waals surface area contributed by atoms with Gasteiger partial charge in [0.15, 0.2) is 0 Å². The molecule has 4 aromatic carbocycles. The summed E-state index contributed by atoms with van der Waals surface area (Å²) in [6.07, 6.45) is 3.89. The molecule has 0 aliphatic heterocycles. The van der Waals surface area contributed by atoms with Gasteiger partial charge in [0.2, 0.25) is 11.8 Å². The minimum atomic E-state index is -4.32. The van der Waals surface area contributed by atoms with Crippen molar-refractivity contribution in [1.82, 2.24) is 10.2 Å². The van der Waals surface area contributed by atoms with Crippen LogP contribution in [0.3, 0.4) is 0 Å². The fourth-order valence-corrected chi connectivity index (χ4v) is 8.19. The quantitative estimate of drug-likeness (QED) is 0.158. The van der Waals surface area contributed by atoms with Gasteiger partial charge < -0.3 is 10.2 Å². The molecule has 252 valence electrons. The lowest BCUT2D eigenvalue weighted by Gasteiger charge is -2.34. The maximum atomic E-state index is 14.7. The monoisotopic (exact) mass is 745 g/mol. The fraction of sp³-hybridized carbons (Fsp3) is 0.278. The molecule has 2 amide bonds. The predicted octanol–water partition coefficient (Wildman–Crippen LogP) is 8.50. The number of halogens is 4. The van der Waals surface area contributed by atoms with Gasteiger partial charge in [0.1, 0.15) is 12.6 Å². The molecule has 1 N–H and O–H groups in total. The van der Waals surface area contributed by atoms with E-state index in [9.17, 15) is 18.0 Å². The van der Waals surface area contributed by atoms with E-state index >= 15 is 0 Å². The number of sulfonamides is 1. The SMILES string of the molecule is Cc1ccc(S(=O)(=O)N(CC(=O)N(Cc2ccc(Cl)cc2Cl)[C@H](Cc2ccccc2)C(=O)NC2CCCC2)c2cc(Cl)cc(Cl)c2)cc1. The molecule has 4 aromatic rings. The summed E-state index contributed by atoms with van der Waals surface area (Å²) in [6, 6.07) is 23.9. The first-order valence-corrected chi connectivity index (χ1v) is 18.5. The molecule has 0 spiro atoms. The first-order chi connectivity index (χ1) is 22.9. The van der Waals surface area contributed by atoms with Crippen LogP contribution in [0.15, 0.2) is 95.9 Å². The molecule has 0 heterocycles. The fourth-order valence-electron chi connectivity index (χ4n) is 5.80. The van der Waals surface area contributed by atoms with Crippen LogP contribution >= 0.6 is 46.4 Å². The summed E-state index contributed by atoms with van der Waals surface area (Å²) in [7, 11) is -4.32. The number of anilines is 1. The molecule has 1 aliphatic rings. The molecule has 0 unspecified atom stereocenters. The van der Waals surface area contributed by atoms with E-state index in [0.717, 1.165) is 41.1 Å². The van der Waals surface area contributed by atoms with Crippen molar-refractivity contribution in [3.63, 3.8) is 0 Å². The van der Waals surface area contributed by atoms with Gasteiger partial charge >= 0.3 is 0 Å². The highest BCUT2D eigenvalue weighted by Gasteiger charge is 2.36. The Morgan fingerprint density at radius 1 is 0.833 bits per heavy atom. The van der Waals surface area contributed by atoms with E-state index in [-0.39, 0.29) is 45.5 Å². The number of rotatable bonds is 12. The third-order valence-electron chi connectivity index (χ3n) is 8.35. The van der Waals surface area contributed by atoms with Gasteiger partial charge in [-0.1, -0.05) is 113 Å². The summed E-state index contributed by atoms with van der Waals surface area (Å²) in [5, 5.41) is 4.25. The maximum absolute atomic E-state index is 14.7. The van der Waals surface area contributed by atoms with Gasteiger partial charge in [-0.15, -0.1) is 0 Å². The molecule has 1 aliphatic carbocycles. The zero-order chi connectivity index (χ0) is 34.4. The normalized spacial score (nSPS) is 14.0. The Hall–Kier alpha value is -3.27. The molecule has 5 rings (SSSR count). The van der Waals surface area contributed by atoms with Crippen molar-refractivity contribution in [1.29, 1.82) is 0 Å². The number of nitrogens with one attached hydrogen (secondary N) is 1. The Kier molecular flexibility index (Phi) is 12.0. The lowest BCUT2D eigenvalue weighted by atomic mass is 10.0. The number of hydrogen-bond acceptors (Lipinski definition) is 4. The highest BCUT2D eigenvalue weighted by atomic mass is 35.5. The van der Waals surface area contributed by atoms with Crippen LogP contribution in [0.4, 0.5) is 5.69 Å². The van der Waals surface area contributed by atoms with E-state index in [4.69, 9.17) is 46.4 Å². The standard InChI is InChI=1S/C36H35Cl4N3O4S/c1-24-11-15-32(16-12-24)48(46,47)43(31-19-28(38)18-29(39)20-31)23-35(44)42(22-26-13-14-27(37)21-33(26)40)34(17-25-7-3-2-4-8-25)36(45)41-30-9-5-6-10-30/h2-4,7-8,11-16,18-21,30,34H,5-6,9-10,17,22-23H2,1H3,(H,41,45)/t34-/m1/s1.